The van der Waals surface area contributed by atoms with E-state index < -0.39 is 11.6 Å². The predicted octanol–water partition coefficient (Wildman–Crippen LogP) is 2.20. The zero-order chi connectivity index (χ0) is 16.0. The Kier molecular flexibility index (Phi) is 5.84. The third kappa shape index (κ3) is 5.51. The number of rotatable bonds is 5. The van der Waals surface area contributed by atoms with Gasteiger partial charge >= 0.3 is 11.9 Å². The lowest BCUT2D eigenvalue weighted by Crippen LogP contribution is -2.25. The lowest BCUT2D eigenvalue weighted by Gasteiger charge is -2.19. The molecule has 0 aromatic carbocycles. The highest BCUT2D eigenvalue weighted by Gasteiger charge is 2.20. The average molecular weight is 294 g/mol. The van der Waals surface area contributed by atoms with E-state index in [-0.39, 0.29) is 24.0 Å². The van der Waals surface area contributed by atoms with Crippen molar-refractivity contribution >= 4 is 11.9 Å². The maximum absolute atomic E-state index is 11.9. The second-order valence-corrected chi connectivity index (χ2v) is 5.57. The quantitative estimate of drug-likeness (QED) is 0.837. The Morgan fingerprint density at radius 2 is 1.95 bits per heavy atom. The van der Waals surface area contributed by atoms with Gasteiger partial charge in [0.05, 0.1) is 5.69 Å². The molecule has 2 N–H and O–H groups in total. The maximum atomic E-state index is 11.9. The third-order valence-electron chi connectivity index (χ3n) is 2.41. The smallest absolute Gasteiger partial charge is 0.357 e. The minimum Gasteiger partial charge on any atom is -0.455 e. The van der Waals surface area contributed by atoms with Gasteiger partial charge in [0, 0.05) is 13.0 Å². The van der Waals surface area contributed by atoms with Gasteiger partial charge in [-0.1, -0.05) is 6.92 Å². The highest BCUT2D eigenvalue weighted by atomic mass is 16.6. The molecule has 0 saturated heterocycles. The van der Waals surface area contributed by atoms with Crippen molar-refractivity contribution in [2.75, 3.05) is 0 Å². The highest BCUT2D eigenvalue weighted by molar-refractivity contribution is 5.87. The summed E-state index contributed by atoms with van der Waals surface area (Å²) in [6.45, 7) is 7.27. The first kappa shape index (κ1) is 17.1. The number of hydrogen-bond acceptors (Lipinski definition) is 6. The highest BCUT2D eigenvalue weighted by Crippen LogP contribution is 2.19. The predicted molar refractivity (Wildman–Crippen MR) is 77.8 cm³/mol. The van der Waals surface area contributed by atoms with Crippen LogP contribution >= 0.6 is 0 Å². The molecule has 1 aromatic heterocycles. The Hall–Kier alpha value is -1.95. The molecule has 0 amide bonds. The van der Waals surface area contributed by atoms with Crippen LogP contribution in [0, 0.1) is 0 Å². The van der Waals surface area contributed by atoms with E-state index in [2.05, 4.69) is 4.98 Å². The first-order chi connectivity index (χ1) is 9.76. The van der Waals surface area contributed by atoms with Gasteiger partial charge in [0.1, 0.15) is 11.3 Å². The number of pyridine rings is 1. The number of nitrogens with zero attached hydrogens (tertiary/aromatic N) is 1. The molecule has 0 aliphatic rings. The van der Waals surface area contributed by atoms with Crippen molar-refractivity contribution in [2.24, 2.45) is 5.73 Å². The van der Waals surface area contributed by atoms with Crippen LogP contribution in [0.3, 0.4) is 0 Å². The summed E-state index contributed by atoms with van der Waals surface area (Å²) in [5.41, 5.74) is 5.48. The Bertz CT molecular complexity index is 521. The van der Waals surface area contributed by atoms with E-state index in [9.17, 15) is 9.59 Å². The molecule has 1 heterocycles. The molecule has 0 radical (unpaired) electrons. The maximum Gasteiger partial charge on any atom is 0.357 e. The van der Waals surface area contributed by atoms with Crippen molar-refractivity contribution in [1.29, 1.82) is 0 Å². The molecule has 0 fully saturated rings. The second-order valence-electron chi connectivity index (χ2n) is 5.57. The average Bonchev–Trinajstić information content (AvgIpc) is 2.37. The molecular formula is C15H22N2O4. The second kappa shape index (κ2) is 7.17. The molecule has 21 heavy (non-hydrogen) atoms. The molecule has 1 aromatic rings. The van der Waals surface area contributed by atoms with E-state index in [1.54, 1.807) is 20.8 Å². The molecule has 6 nitrogen and oxygen atoms in total. The van der Waals surface area contributed by atoms with Crippen LogP contribution in [-0.2, 0) is 16.1 Å². The first-order valence-electron chi connectivity index (χ1n) is 6.91. The molecule has 0 bridgehead atoms. The SMILES string of the molecule is CCCC(=O)Oc1ccc(C(=O)OC(C)(C)C)nc1CN. The van der Waals surface area contributed by atoms with Crippen LogP contribution in [-0.4, -0.2) is 22.5 Å². The van der Waals surface area contributed by atoms with Gasteiger partial charge < -0.3 is 15.2 Å². The lowest BCUT2D eigenvalue weighted by atomic mass is 10.2. The van der Waals surface area contributed by atoms with Crippen molar-refractivity contribution < 1.29 is 19.1 Å². The van der Waals surface area contributed by atoms with E-state index in [1.165, 1.54) is 12.1 Å². The van der Waals surface area contributed by atoms with Crippen molar-refractivity contribution in [3.63, 3.8) is 0 Å². The van der Waals surface area contributed by atoms with E-state index in [4.69, 9.17) is 15.2 Å². The summed E-state index contributed by atoms with van der Waals surface area (Å²) in [4.78, 5) is 27.5. The summed E-state index contributed by atoms with van der Waals surface area (Å²) in [6, 6.07) is 2.98. The zero-order valence-electron chi connectivity index (χ0n) is 12.9. The van der Waals surface area contributed by atoms with Gasteiger partial charge in [0.2, 0.25) is 0 Å². The van der Waals surface area contributed by atoms with E-state index in [0.29, 0.717) is 18.5 Å². The summed E-state index contributed by atoms with van der Waals surface area (Å²) in [6.07, 6.45) is 1.01. The standard InChI is InChI=1S/C15H22N2O4/c1-5-6-13(18)20-12-8-7-10(17-11(12)9-16)14(19)21-15(2,3)4/h7-8H,5-6,9,16H2,1-4H3. The number of carbonyl (C=O) groups excluding carboxylic acids is 2. The van der Waals surface area contributed by atoms with E-state index in [1.807, 2.05) is 6.92 Å². The van der Waals surface area contributed by atoms with Crippen molar-refractivity contribution in [2.45, 2.75) is 52.7 Å². The van der Waals surface area contributed by atoms with Gasteiger partial charge in [0.25, 0.3) is 0 Å². The zero-order valence-corrected chi connectivity index (χ0v) is 12.9. The monoisotopic (exact) mass is 294 g/mol. The lowest BCUT2D eigenvalue weighted by molar-refractivity contribution is -0.134. The minimum absolute atomic E-state index is 0.0609. The number of nitrogens with two attached hydrogens (primary N) is 1. The molecule has 116 valence electrons. The van der Waals surface area contributed by atoms with Gasteiger partial charge in [-0.05, 0) is 39.3 Å². The van der Waals surface area contributed by atoms with E-state index in [0.717, 1.165) is 0 Å². The molecule has 0 atom stereocenters. The molecular weight excluding hydrogens is 272 g/mol. The fourth-order valence-corrected chi connectivity index (χ4v) is 1.55. The molecule has 0 aliphatic heterocycles. The molecule has 0 aliphatic carbocycles. The Labute approximate surface area is 124 Å². The number of aromatic nitrogens is 1. The van der Waals surface area contributed by atoms with Crippen LogP contribution in [0.4, 0.5) is 0 Å². The summed E-state index contributed by atoms with van der Waals surface area (Å²) < 4.78 is 10.4. The summed E-state index contributed by atoms with van der Waals surface area (Å²) in [5.74, 6) is -0.606. The normalized spacial score (nSPS) is 11.1. The minimum atomic E-state index is -0.603. The van der Waals surface area contributed by atoms with Crippen LogP contribution in [0.25, 0.3) is 0 Å². The number of esters is 2. The van der Waals surface area contributed by atoms with Gasteiger partial charge in [-0.3, -0.25) is 4.79 Å². The topological polar surface area (TPSA) is 91.5 Å². The number of hydrogen-bond donors (Lipinski definition) is 1. The van der Waals surface area contributed by atoms with Crippen LogP contribution in [0.1, 0.15) is 56.7 Å². The van der Waals surface area contributed by atoms with Gasteiger partial charge in [-0.25, -0.2) is 9.78 Å². The third-order valence-corrected chi connectivity index (χ3v) is 2.41. The Morgan fingerprint density at radius 3 is 2.48 bits per heavy atom. The van der Waals surface area contributed by atoms with Crippen LogP contribution in [0.2, 0.25) is 0 Å². The fourth-order valence-electron chi connectivity index (χ4n) is 1.55. The molecule has 0 saturated carbocycles. The van der Waals surface area contributed by atoms with E-state index >= 15 is 0 Å². The van der Waals surface area contributed by atoms with Crippen molar-refractivity contribution in [1.82, 2.24) is 4.98 Å². The van der Waals surface area contributed by atoms with Crippen LogP contribution < -0.4 is 10.5 Å². The number of carbonyl (C=O) groups is 2. The van der Waals surface area contributed by atoms with Crippen LogP contribution in [0.5, 0.6) is 5.75 Å². The van der Waals surface area contributed by atoms with Crippen LogP contribution in [0.15, 0.2) is 12.1 Å². The summed E-state index contributed by atoms with van der Waals surface area (Å²) in [7, 11) is 0. The number of ether oxygens (including phenoxy) is 2. The Morgan fingerprint density at radius 1 is 1.29 bits per heavy atom. The largest absolute Gasteiger partial charge is 0.455 e. The summed E-state index contributed by atoms with van der Waals surface area (Å²) >= 11 is 0. The molecule has 6 heteroatoms. The first-order valence-corrected chi connectivity index (χ1v) is 6.91. The molecule has 0 unspecified atom stereocenters. The van der Waals surface area contributed by atoms with Crippen molar-refractivity contribution in [3.8, 4) is 5.75 Å². The van der Waals surface area contributed by atoms with Crippen molar-refractivity contribution in [3.05, 3.63) is 23.5 Å². The molecule has 1 rings (SSSR count). The Balaban J connectivity index is 2.93. The fraction of sp³-hybridized carbons (Fsp3) is 0.533. The van der Waals surface area contributed by atoms with Gasteiger partial charge in [0.15, 0.2) is 5.75 Å². The summed E-state index contributed by atoms with van der Waals surface area (Å²) in [5, 5.41) is 0. The van der Waals surface area contributed by atoms with Gasteiger partial charge in [-0.15, -0.1) is 0 Å². The van der Waals surface area contributed by atoms with Gasteiger partial charge in [-0.2, -0.15) is 0 Å². The molecule has 0 spiro atoms.